The van der Waals surface area contributed by atoms with Crippen LogP contribution in [-0.2, 0) is 16.1 Å². The summed E-state index contributed by atoms with van der Waals surface area (Å²) in [6.45, 7) is 1.50. The first-order valence-corrected chi connectivity index (χ1v) is 8.43. The van der Waals surface area contributed by atoms with Gasteiger partial charge < -0.3 is 15.0 Å². The number of benzene rings is 2. The van der Waals surface area contributed by atoms with Crippen LogP contribution in [0.4, 0.5) is 4.39 Å². The zero-order valence-corrected chi connectivity index (χ0v) is 15.3. The Labute approximate surface area is 156 Å². The van der Waals surface area contributed by atoms with E-state index in [1.54, 1.807) is 43.3 Å². The topological polar surface area (TPSA) is 58.6 Å². The summed E-state index contributed by atoms with van der Waals surface area (Å²) in [5.41, 5.74) is 0.702. The van der Waals surface area contributed by atoms with Gasteiger partial charge in [0.15, 0.2) is 6.61 Å². The van der Waals surface area contributed by atoms with E-state index >= 15 is 0 Å². The van der Waals surface area contributed by atoms with Gasteiger partial charge in [-0.2, -0.15) is 0 Å². The molecule has 2 aromatic carbocycles. The van der Waals surface area contributed by atoms with Crippen LogP contribution in [0.1, 0.15) is 12.5 Å². The van der Waals surface area contributed by atoms with Crippen molar-refractivity contribution in [3.05, 3.63) is 64.9 Å². The molecule has 0 aliphatic carbocycles. The zero-order valence-electron chi connectivity index (χ0n) is 14.5. The minimum Gasteiger partial charge on any atom is -0.482 e. The van der Waals surface area contributed by atoms with Gasteiger partial charge in [-0.1, -0.05) is 35.9 Å². The average molecular weight is 379 g/mol. The highest BCUT2D eigenvalue weighted by Crippen LogP contribution is 2.23. The fourth-order valence-corrected chi connectivity index (χ4v) is 2.55. The Hall–Kier alpha value is -2.60. The summed E-state index contributed by atoms with van der Waals surface area (Å²) in [5, 5.41) is 2.92. The Morgan fingerprint density at radius 3 is 2.46 bits per heavy atom. The number of nitrogens with one attached hydrogen (secondary N) is 1. The number of para-hydroxylation sites is 1. The molecule has 138 valence electrons. The highest BCUT2D eigenvalue weighted by molar-refractivity contribution is 6.32. The molecule has 0 aromatic heterocycles. The first-order chi connectivity index (χ1) is 12.4. The number of carbonyl (C=O) groups is 2. The van der Waals surface area contributed by atoms with Gasteiger partial charge in [0.1, 0.15) is 17.6 Å². The Balaban J connectivity index is 2.13. The van der Waals surface area contributed by atoms with E-state index in [-0.39, 0.29) is 30.8 Å². The van der Waals surface area contributed by atoms with Crippen LogP contribution < -0.4 is 10.1 Å². The third kappa shape index (κ3) is 5.20. The number of rotatable bonds is 7. The van der Waals surface area contributed by atoms with Crippen LogP contribution in [0.5, 0.6) is 5.75 Å². The number of nitrogens with zero attached hydrogens (tertiary/aromatic N) is 1. The smallest absolute Gasteiger partial charge is 0.261 e. The van der Waals surface area contributed by atoms with E-state index in [1.807, 2.05) is 0 Å². The number of carbonyl (C=O) groups excluding carboxylic acids is 2. The molecule has 0 bridgehead atoms. The maximum absolute atomic E-state index is 13.1. The van der Waals surface area contributed by atoms with E-state index in [0.29, 0.717) is 16.3 Å². The lowest BCUT2D eigenvalue weighted by Crippen LogP contribution is -2.48. The summed E-state index contributed by atoms with van der Waals surface area (Å²) in [6, 6.07) is 11.9. The van der Waals surface area contributed by atoms with Crippen molar-refractivity contribution in [2.75, 3.05) is 13.7 Å². The molecule has 0 saturated carbocycles. The Bertz CT molecular complexity index is 768. The molecular formula is C19H20ClFN2O3. The van der Waals surface area contributed by atoms with Gasteiger partial charge in [-0.3, -0.25) is 9.59 Å². The molecule has 0 aliphatic rings. The van der Waals surface area contributed by atoms with Gasteiger partial charge in [0, 0.05) is 13.6 Å². The molecule has 1 atom stereocenters. The second-order valence-electron chi connectivity index (χ2n) is 5.66. The molecule has 26 heavy (non-hydrogen) atoms. The standard InChI is InChI=1S/C19H20ClFN2O3/c1-13(19(25)22-2)23(11-14-7-9-15(21)10-8-14)18(24)12-26-17-6-4-3-5-16(17)20/h3-10,13H,11-12H2,1-2H3,(H,22,25)/t13-/m1/s1. The van der Waals surface area contributed by atoms with E-state index in [4.69, 9.17) is 16.3 Å². The van der Waals surface area contributed by atoms with Crippen molar-refractivity contribution < 1.29 is 18.7 Å². The van der Waals surface area contributed by atoms with E-state index in [2.05, 4.69) is 5.32 Å². The van der Waals surface area contributed by atoms with Crippen LogP contribution >= 0.6 is 11.6 Å². The van der Waals surface area contributed by atoms with Crippen LogP contribution in [0.2, 0.25) is 5.02 Å². The highest BCUT2D eigenvalue weighted by Gasteiger charge is 2.26. The zero-order chi connectivity index (χ0) is 19.1. The van der Waals surface area contributed by atoms with Crippen molar-refractivity contribution in [2.24, 2.45) is 0 Å². The van der Waals surface area contributed by atoms with Gasteiger partial charge in [0.2, 0.25) is 5.91 Å². The van der Waals surface area contributed by atoms with Crippen molar-refractivity contribution >= 4 is 23.4 Å². The van der Waals surface area contributed by atoms with Gasteiger partial charge in [0.05, 0.1) is 5.02 Å². The lowest BCUT2D eigenvalue weighted by Gasteiger charge is -2.28. The lowest BCUT2D eigenvalue weighted by molar-refractivity contribution is -0.142. The fraction of sp³-hybridized carbons (Fsp3) is 0.263. The lowest BCUT2D eigenvalue weighted by atomic mass is 10.1. The van der Waals surface area contributed by atoms with Gasteiger partial charge in [-0.15, -0.1) is 0 Å². The second kappa shape index (κ2) is 9.20. The maximum Gasteiger partial charge on any atom is 0.261 e. The van der Waals surface area contributed by atoms with E-state index in [0.717, 1.165) is 0 Å². The normalized spacial score (nSPS) is 11.5. The molecule has 0 spiro atoms. The molecule has 2 rings (SSSR count). The molecular weight excluding hydrogens is 359 g/mol. The van der Waals surface area contributed by atoms with Gasteiger partial charge in [-0.25, -0.2) is 4.39 Å². The number of halogens is 2. The summed E-state index contributed by atoms with van der Waals surface area (Å²) in [6.07, 6.45) is 0. The number of ether oxygens (including phenoxy) is 1. The molecule has 0 saturated heterocycles. The Kier molecular flexibility index (Phi) is 6.97. The van der Waals surface area contributed by atoms with Crippen molar-refractivity contribution in [2.45, 2.75) is 19.5 Å². The van der Waals surface area contributed by atoms with Crippen LogP contribution in [0.3, 0.4) is 0 Å². The van der Waals surface area contributed by atoms with Crippen molar-refractivity contribution in [3.63, 3.8) is 0 Å². The fourth-order valence-electron chi connectivity index (χ4n) is 2.36. The predicted molar refractivity (Wildman–Crippen MR) is 97.4 cm³/mol. The van der Waals surface area contributed by atoms with Crippen LogP contribution in [0.25, 0.3) is 0 Å². The summed E-state index contributed by atoms with van der Waals surface area (Å²) in [5.74, 6) is -0.673. The van der Waals surface area contributed by atoms with Gasteiger partial charge >= 0.3 is 0 Å². The maximum atomic E-state index is 13.1. The van der Waals surface area contributed by atoms with E-state index in [1.165, 1.54) is 24.1 Å². The first kappa shape index (κ1) is 19.7. The number of hydrogen-bond acceptors (Lipinski definition) is 3. The summed E-state index contributed by atoms with van der Waals surface area (Å²) in [4.78, 5) is 26.0. The molecule has 0 aliphatic heterocycles. The minimum atomic E-state index is -0.715. The SMILES string of the molecule is CNC(=O)[C@@H](C)N(Cc1ccc(F)cc1)C(=O)COc1ccccc1Cl. The summed E-state index contributed by atoms with van der Waals surface area (Å²) < 4.78 is 18.6. The van der Waals surface area contributed by atoms with Crippen molar-refractivity contribution in [1.29, 1.82) is 0 Å². The Morgan fingerprint density at radius 2 is 1.85 bits per heavy atom. The molecule has 2 aromatic rings. The average Bonchev–Trinajstić information content (AvgIpc) is 2.65. The molecule has 2 amide bonds. The van der Waals surface area contributed by atoms with E-state index < -0.39 is 6.04 Å². The second-order valence-corrected chi connectivity index (χ2v) is 6.06. The quantitative estimate of drug-likeness (QED) is 0.805. The van der Waals surface area contributed by atoms with Gasteiger partial charge in [0.25, 0.3) is 5.91 Å². The molecule has 7 heteroatoms. The molecule has 0 unspecified atom stereocenters. The number of amides is 2. The van der Waals surface area contributed by atoms with Crippen molar-refractivity contribution in [1.82, 2.24) is 10.2 Å². The van der Waals surface area contributed by atoms with Crippen molar-refractivity contribution in [3.8, 4) is 5.75 Å². The molecule has 5 nitrogen and oxygen atoms in total. The number of likely N-dealkylation sites (N-methyl/N-ethyl adjacent to an activating group) is 1. The largest absolute Gasteiger partial charge is 0.482 e. The predicted octanol–water partition coefficient (Wildman–Crippen LogP) is 3.02. The van der Waals surface area contributed by atoms with Gasteiger partial charge in [-0.05, 0) is 36.8 Å². The Morgan fingerprint density at radius 1 is 1.19 bits per heavy atom. The monoisotopic (exact) mass is 378 g/mol. The first-order valence-electron chi connectivity index (χ1n) is 8.05. The van der Waals surface area contributed by atoms with E-state index in [9.17, 15) is 14.0 Å². The number of hydrogen-bond donors (Lipinski definition) is 1. The highest BCUT2D eigenvalue weighted by atomic mass is 35.5. The minimum absolute atomic E-state index is 0.152. The third-order valence-electron chi connectivity index (χ3n) is 3.87. The summed E-state index contributed by atoms with van der Waals surface area (Å²) >= 11 is 6.02. The molecule has 0 heterocycles. The third-order valence-corrected chi connectivity index (χ3v) is 4.18. The van der Waals surface area contributed by atoms with Crippen LogP contribution in [0.15, 0.2) is 48.5 Å². The van der Waals surface area contributed by atoms with Crippen LogP contribution in [-0.4, -0.2) is 36.4 Å². The summed E-state index contributed by atoms with van der Waals surface area (Å²) in [7, 11) is 1.50. The molecule has 1 N–H and O–H groups in total. The molecule has 0 fully saturated rings. The molecule has 0 radical (unpaired) electrons. The van der Waals surface area contributed by atoms with Crippen LogP contribution in [0, 0.1) is 5.82 Å².